The third-order valence-electron chi connectivity index (χ3n) is 1.56. The van der Waals surface area contributed by atoms with Gasteiger partial charge in [-0.2, -0.15) is 0 Å². The Morgan fingerprint density at radius 2 is 2.23 bits per heavy atom. The summed E-state index contributed by atoms with van der Waals surface area (Å²) in [5, 5.41) is 8.51. The standard InChI is InChI=1S/C8H7BrFNO2/c9-8-4(3-7(12)13)6(11)2-1-5(8)10/h1-2H,3,11H2,(H,12,13). The van der Waals surface area contributed by atoms with Crippen LogP contribution in [0, 0.1) is 5.82 Å². The van der Waals surface area contributed by atoms with Crippen molar-refractivity contribution in [2.75, 3.05) is 5.73 Å². The van der Waals surface area contributed by atoms with Crippen molar-refractivity contribution >= 4 is 27.6 Å². The van der Waals surface area contributed by atoms with Crippen LogP contribution < -0.4 is 5.73 Å². The van der Waals surface area contributed by atoms with Crippen LogP contribution in [0.1, 0.15) is 5.56 Å². The monoisotopic (exact) mass is 247 g/mol. The minimum absolute atomic E-state index is 0.120. The Morgan fingerprint density at radius 3 is 2.77 bits per heavy atom. The Kier molecular flexibility index (Phi) is 2.87. The van der Waals surface area contributed by atoms with E-state index in [0.29, 0.717) is 0 Å². The van der Waals surface area contributed by atoms with Gasteiger partial charge in [0, 0.05) is 11.3 Å². The number of carboxylic acids is 1. The SMILES string of the molecule is Nc1ccc(F)c(Br)c1CC(=O)O. The number of carbonyl (C=O) groups is 1. The molecule has 0 aliphatic carbocycles. The van der Waals surface area contributed by atoms with Crippen LogP contribution in [-0.2, 0) is 11.2 Å². The Balaban J connectivity index is 3.17. The number of nitrogens with two attached hydrogens (primary N) is 1. The van der Waals surface area contributed by atoms with Gasteiger partial charge >= 0.3 is 5.97 Å². The second-order valence-corrected chi connectivity index (χ2v) is 3.29. The Labute approximate surface area is 82.5 Å². The molecule has 0 spiro atoms. The zero-order valence-electron chi connectivity index (χ0n) is 6.55. The highest BCUT2D eigenvalue weighted by molar-refractivity contribution is 9.10. The van der Waals surface area contributed by atoms with Crippen LogP contribution in [0.4, 0.5) is 10.1 Å². The third kappa shape index (κ3) is 2.18. The first-order valence-corrected chi connectivity index (χ1v) is 4.26. The van der Waals surface area contributed by atoms with Gasteiger partial charge in [-0.3, -0.25) is 4.79 Å². The molecule has 13 heavy (non-hydrogen) atoms. The van der Waals surface area contributed by atoms with Crippen molar-refractivity contribution in [3.63, 3.8) is 0 Å². The van der Waals surface area contributed by atoms with Crippen LogP contribution in [0.25, 0.3) is 0 Å². The molecular weight excluding hydrogens is 241 g/mol. The lowest BCUT2D eigenvalue weighted by Gasteiger charge is -2.05. The summed E-state index contributed by atoms with van der Waals surface area (Å²) in [6, 6.07) is 2.53. The van der Waals surface area contributed by atoms with E-state index in [-0.39, 0.29) is 22.1 Å². The van der Waals surface area contributed by atoms with Crippen molar-refractivity contribution < 1.29 is 14.3 Å². The predicted molar refractivity (Wildman–Crippen MR) is 49.9 cm³/mol. The number of hydrogen-bond donors (Lipinski definition) is 2. The molecule has 0 unspecified atom stereocenters. The predicted octanol–water partition coefficient (Wildman–Crippen LogP) is 1.80. The maximum absolute atomic E-state index is 12.9. The highest BCUT2D eigenvalue weighted by Crippen LogP contribution is 2.26. The van der Waals surface area contributed by atoms with Gasteiger partial charge < -0.3 is 10.8 Å². The molecule has 0 bridgehead atoms. The molecule has 0 amide bonds. The zero-order chi connectivity index (χ0) is 10.0. The molecule has 1 rings (SSSR count). The van der Waals surface area contributed by atoms with Gasteiger partial charge in [-0.1, -0.05) is 0 Å². The lowest BCUT2D eigenvalue weighted by molar-refractivity contribution is -0.136. The van der Waals surface area contributed by atoms with Crippen molar-refractivity contribution in [1.29, 1.82) is 0 Å². The van der Waals surface area contributed by atoms with Crippen molar-refractivity contribution in [1.82, 2.24) is 0 Å². The number of nitrogen functional groups attached to an aromatic ring is 1. The van der Waals surface area contributed by atoms with Crippen LogP contribution in [-0.4, -0.2) is 11.1 Å². The Hall–Kier alpha value is -1.10. The van der Waals surface area contributed by atoms with Gasteiger partial charge in [0.15, 0.2) is 0 Å². The normalized spacial score (nSPS) is 10.0. The van der Waals surface area contributed by atoms with E-state index in [1.807, 2.05) is 0 Å². The number of anilines is 1. The van der Waals surface area contributed by atoms with Gasteiger partial charge in [-0.25, -0.2) is 4.39 Å². The minimum atomic E-state index is -1.04. The first-order valence-electron chi connectivity index (χ1n) is 3.46. The molecule has 1 aromatic rings. The molecule has 0 saturated carbocycles. The van der Waals surface area contributed by atoms with E-state index in [1.165, 1.54) is 12.1 Å². The third-order valence-corrected chi connectivity index (χ3v) is 2.42. The van der Waals surface area contributed by atoms with Crippen molar-refractivity contribution in [3.05, 3.63) is 28.0 Å². The first-order chi connectivity index (χ1) is 6.02. The molecule has 0 fully saturated rings. The highest BCUT2D eigenvalue weighted by Gasteiger charge is 2.12. The van der Waals surface area contributed by atoms with E-state index in [9.17, 15) is 9.18 Å². The molecule has 3 N–H and O–H groups in total. The molecule has 3 nitrogen and oxygen atoms in total. The number of rotatable bonds is 2. The van der Waals surface area contributed by atoms with Crippen LogP contribution >= 0.6 is 15.9 Å². The van der Waals surface area contributed by atoms with Crippen LogP contribution in [0.5, 0.6) is 0 Å². The molecule has 0 saturated heterocycles. The fourth-order valence-electron chi connectivity index (χ4n) is 0.938. The number of aliphatic carboxylic acids is 1. The van der Waals surface area contributed by atoms with E-state index in [2.05, 4.69) is 15.9 Å². The van der Waals surface area contributed by atoms with Crippen LogP contribution in [0.2, 0.25) is 0 Å². The van der Waals surface area contributed by atoms with Crippen molar-refractivity contribution in [2.24, 2.45) is 0 Å². The van der Waals surface area contributed by atoms with Crippen LogP contribution in [0.15, 0.2) is 16.6 Å². The van der Waals surface area contributed by atoms with Gasteiger partial charge in [0.25, 0.3) is 0 Å². The molecule has 0 atom stereocenters. The molecule has 0 aliphatic rings. The largest absolute Gasteiger partial charge is 0.481 e. The maximum Gasteiger partial charge on any atom is 0.307 e. The lowest BCUT2D eigenvalue weighted by atomic mass is 10.1. The summed E-state index contributed by atoms with van der Waals surface area (Å²) in [7, 11) is 0. The molecule has 0 heterocycles. The van der Waals surface area contributed by atoms with Gasteiger partial charge in [-0.05, 0) is 28.1 Å². The molecule has 5 heteroatoms. The second kappa shape index (κ2) is 3.74. The average Bonchev–Trinajstić information content (AvgIpc) is 2.05. The van der Waals surface area contributed by atoms with E-state index in [4.69, 9.17) is 10.8 Å². The summed E-state index contributed by atoms with van der Waals surface area (Å²) in [5.74, 6) is -1.55. The number of benzene rings is 1. The van der Waals surface area contributed by atoms with Gasteiger partial charge in [0.2, 0.25) is 0 Å². The summed E-state index contributed by atoms with van der Waals surface area (Å²) in [6.45, 7) is 0. The summed E-state index contributed by atoms with van der Waals surface area (Å²) in [4.78, 5) is 10.4. The van der Waals surface area contributed by atoms with E-state index in [1.54, 1.807) is 0 Å². The number of halogens is 2. The van der Waals surface area contributed by atoms with E-state index < -0.39 is 11.8 Å². The molecular formula is C8H7BrFNO2. The van der Waals surface area contributed by atoms with Gasteiger partial charge in [0.05, 0.1) is 10.9 Å². The highest BCUT2D eigenvalue weighted by atomic mass is 79.9. The minimum Gasteiger partial charge on any atom is -0.481 e. The van der Waals surface area contributed by atoms with Crippen molar-refractivity contribution in [3.8, 4) is 0 Å². The summed E-state index contributed by atoms with van der Waals surface area (Å²) >= 11 is 2.94. The Bertz CT molecular complexity index is 354. The lowest BCUT2D eigenvalue weighted by Crippen LogP contribution is -2.05. The zero-order valence-corrected chi connectivity index (χ0v) is 8.14. The molecule has 0 aliphatic heterocycles. The fourth-order valence-corrected chi connectivity index (χ4v) is 1.44. The quantitative estimate of drug-likeness (QED) is 0.784. The van der Waals surface area contributed by atoms with Gasteiger partial charge in [-0.15, -0.1) is 0 Å². The first kappa shape index (κ1) is 9.98. The molecule has 70 valence electrons. The average molecular weight is 248 g/mol. The second-order valence-electron chi connectivity index (χ2n) is 2.50. The number of hydrogen-bond acceptors (Lipinski definition) is 2. The smallest absolute Gasteiger partial charge is 0.307 e. The molecule has 0 radical (unpaired) electrons. The summed E-state index contributed by atoms with van der Waals surface area (Å²) in [5.41, 5.74) is 6.02. The van der Waals surface area contributed by atoms with Crippen LogP contribution in [0.3, 0.4) is 0 Å². The van der Waals surface area contributed by atoms with E-state index in [0.717, 1.165) is 0 Å². The Morgan fingerprint density at radius 1 is 1.62 bits per heavy atom. The molecule has 0 aromatic heterocycles. The topological polar surface area (TPSA) is 63.3 Å². The summed E-state index contributed by atoms with van der Waals surface area (Å²) in [6.07, 6.45) is -0.288. The molecule has 1 aromatic carbocycles. The van der Waals surface area contributed by atoms with Crippen molar-refractivity contribution in [2.45, 2.75) is 6.42 Å². The number of carboxylic acid groups (broad SMARTS) is 1. The van der Waals surface area contributed by atoms with E-state index >= 15 is 0 Å². The fraction of sp³-hybridized carbons (Fsp3) is 0.125. The van der Waals surface area contributed by atoms with Gasteiger partial charge in [0.1, 0.15) is 5.82 Å². The maximum atomic E-state index is 12.9. The summed E-state index contributed by atoms with van der Waals surface area (Å²) < 4.78 is 13.0.